The molecule has 0 aromatic heterocycles. The molecule has 0 spiro atoms. The molecule has 3 rings (SSSR count). The Labute approximate surface area is 171 Å². The predicted molar refractivity (Wildman–Crippen MR) is 112 cm³/mol. The summed E-state index contributed by atoms with van der Waals surface area (Å²) in [6.45, 7) is 5.61. The lowest BCUT2D eigenvalue weighted by Crippen LogP contribution is -2.36. The summed E-state index contributed by atoms with van der Waals surface area (Å²) in [4.78, 5) is 26.8. The largest absolute Gasteiger partial charge is 0.344 e. The van der Waals surface area contributed by atoms with E-state index in [-0.39, 0.29) is 0 Å². The Morgan fingerprint density at radius 2 is 1.93 bits per heavy atom. The van der Waals surface area contributed by atoms with Crippen molar-refractivity contribution < 1.29 is 9.59 Å². The van der Waals surface area contributed by atoms with Crippen LogP contribution < -0.4 is 10.6 Å². The van der Waals surface area contributed by atoms with Crippen LogP contribution in [0.5, 0.6) is 0 Å². The van der Waals surface area contributed by atoms with Crippen LogP contribution in [0, 0.1) is 17.2 Å². The Hall–Kier alpha value is -3.17. The molecular weight excluding hydrogens is 364 g/mol. The molecular formula is C23H26N4O2. The third-order valence-corrected chi connectivity index (χ3v) is 5.15. The first-order valence-corrected chi connectivity index (χ1v) is 9.93. The lowest BCUT2D eigenvalue weighted by atomic mass is 9.99. The SMILES string of the molecule is CC1CCCN(Cc2ccccc2CNC(=O)C(=O)Nc2cccc(C#N)c2)C1. The molecule has 150 valence electrons. The van der Waals surface area contributed by atoms with Crippen LogP contribution in [0.1, 0.15) is 36.5 Å². The van der Waals surface area contributed by atoms with Crippen LogP contribution in [0.15, 0.2) is 48.5 Å². The van der Waals surface area contributed by atoms with Crippen molar-refractivity contribution in [2.24, 2.45) is 5.92 Å². The van der Waals surface area contributed by atoms with Gasteiger partial charge in [-0.1, -0.05) is 37.3 Å². The highest BCUT2D eigenvalue weighted by Gasteiger charge is 2.18. The molecule has 1 heterocycles. The number of carbonyl (C=O) groups is 2. The van der Waals surface area contributed by atoms with Gasteiger partial charge < -0.3 is 10.6 Å². The Bertz CT molecular complexity index is 919. The molecule has 0 radical (unpaired) electrons. The first-order chi connectivity index (χ1) is 14.0. The number of nitriles is 1. The monoisotopic (exact) mass is 390 g/mol. The zero-order valence-electron chi connectivity index (χ0n) is 16.6. The average molecular weight is 390 g/mol. The van der Waals surface area contributed by atoms with Gasteiger partial charge in [0.05, 0.1) is 11.6 Å². The van der Waals surface area contributed by atoms with Gasteiger partial charge in [-0.3, -0.25) is 14.5 Å². The molecule has 1 fully saturated rings. The second-order valence-electron chi connectivity index (χ2n) is 7.58. The van der Waals surface area contributed by atoms with Gasteiger partial charge in [-0.25, -0.2) is 0 Å². The predicted octanol–water partition coefficient (Wildman–Crippen LogP) is 3.05. The standard InChI is InChI=1S/C23H26N4O2/c1-17-6-5-11-27(15-17)16-20-9-3-2-8-19(20)14-25-22(28)23(29)26-21-10-4-7-18(12-21)13-24/h2-4,7-10,12,17H,5-6,11,14-16H2,1H3,(H,25,28)(H,26,29). The summed E-state index contributed by atoms with van der Waals surface area (Å²) in [7, 11) is 0. The molecule has 0 bridgehead atoms. The maximum Gasteiger partial charge on any atom is 0.313 e. The number of likely N-dealkylation sites (tertiary alicyclic amines) is 1. The van der Waals surface area contributed by atoms with E-state index >= 15 is 0 Å². The molecule has 29 heavy (non-hydrogen) atoms. The van der Waals surface area contributed by atoms with Gasteiger partial charge >= 0.3 is 11.8 Å². The summed E-state index contributed by atoms with van der Waals surface area (Å²) in [5.41, 5.74) is 3.02. The topological polar surface area (TPSA) is 85.2 Å². The molecule has 2 aromatic carbocycles. The molecule has 2 amide bonds. The Morgan fingerprint density at radius 3 is 2.69 bits per heavy atom. The number of carbonyl (C=O) groups excluding carboxylic acids is 2. The van der Waals surface area contributed by atoms with Crippen molar-refractivity contribution in [1.82, 2.24) is 10.2 Å². The number of piperidine rings is 1. The Morgan fingerprint density at radius 1 is 1.14 bits per heavy atom. The number of amides is 2. The van der Waals surface area contributed by atoms with Gasteiger partial charge in [0.2, 0.25) is 0 Å². The highest BCUT2D eigenvalue weighted by Crippen LogP contribution is 2.19. The zero-order valence-corrected chi connectivity index (χ0v) is 16.6. The highest BCUT2D eigenvalue weighted by atomic mass is 16.2. The van der Waals surface area contributed by atoms with Gasteiger partial charge in [-0.2, -0.15) is 5.26 Å². The normalized spacial score (nSPS) is 16.6. The third-order valence-electron chi connectivity index (χ3n) is 5.15. The molecule has 0 saturated carbocycles. The molecule has 1 unspecified atom stereocenters. The van der Waals surface area contributed by atoms with Crippen molar-refractivity contribution in [3.63, 3.8) is 0 Å². The van der Waals surface area contributed by atoms with E-state index in [0.717, 1.165) is 25.2 Å². The number of hydrogen-bond acceptors (Lipinski definition) is 4. The minimum absolute atomic E-state index is 0.296. The lowest BCUT2D eigenvalue weighted by molar-refractivity contribution is -0.136. The van der Waals surface area contributed by atoms with E-state index < -0.39 is 11.8 Å². The number of hydrogen-bond donors (Lipinski definition) is 2. The van der Waals surface area contributed by atoms with E-state index in [9.17, 15) is 9.59 Å². The fourth-order valence-electron chi connectivity index (χ4n) is 3.67. The van der Waals surface area contributed by atoms with Crippen molar-refractivity contribution in [2.45, 2.75) is 32.9 Å². The van der Waals surface area contributed by atoms with E-state index in [1.165, 1.54) is 24.5 Å². The average Bonchev–Trinajstić information content (AvgIpc) is 2.73. The summed E-state index contributed by atoms with van der Waals surface area (Å²) in [5, 5.41) is 14.2. The number of rotatable bonds is 5. The molecule has 1 atom stereocenters. The van der Waals surface area contributed by atoms with Gasteiger partial charge in [0.25, 0.3) is 0 Å². The third kappa shape index (κ3) is 5.90. The summed E-state index contributed by atoms with van der Waals surface area (Å²) in [6, 6.07) is 16.5. The van der Waals surface area contributed by atoms with E-state index in [4.69, 9.17) is 5.26 Å². The van der Waals surface area contributed by atoms with Crippen molar-refractivity contribution >= 4 is 17.5 Å². The quantitative estimate of drug-likeness (QED) is 0.769. The number of anilines is 1. The molecule has 0 aliphatic carbocycles. The van der Waals surface area contributed by atoms with Crippen LogP contribution in [-0.2, 0) is 22.7 Å². The Kier molecular flexibility index (Phi) is 6.99. The molecule has 2 aromatic rings. The molecule has 1 aliphatic rings. The minimum atomic E-state index is -0.748. The first-order valence-electron chi connectivity index (χ1n) is 9.93. The summed E-state index contributed by atoms with van der Waals surface area (Å²) >= 11 is 0. The number of nitrogens with zero attached hydrogens (tertiary/aromatic N) is 2. The smallest absolute Gasteiger partial charge is 0.313 e. The maximum absolute atomic E-state index is 12.2. The van der Waals surface area contributed by atoms with E-state index in [0.29, 0.717) is 23.7 Å². The van der Waals surface area contributed by atoms with Crippen molar-refractivity contribution in [3.05, 3.63) is 65.2 Å². The van der Waals surface area contributed by atoms with Gasteiger partial charge in [0, 0.05) is 25.3 Å². The first kappa shape index (κ1) is 20.6. The van der Waals surface area contributed by atoms with Crippen LogP contribution in [0.4, 0.5) is 5.69 Å². The fraction of sp³-hybridized carbons (Fsp3) is 0.348. The van der Waals surface area contributed by atoms with Crippen LogP contribution in [0.2, 0.25) is 0 Å². The minimum Gasteiger partial charge on any atom is -0.344 e. The summed E-state index contributed by atoms with van der Waals surface area (Å²) in [6.07, 6.45) is 2.49. The van der Waals surface area contributed by atoms with Crippen LogP contribution >= 0.6 is 0 Å². The molecule has 1 aliphatic heterocycles. The zero-order chi connectivity index (χ0) is 20.6. The highest BCUT2D eigenvalue weighted by molar-refractivity contribution is 6.39. The number of benzene rings is 2. The lowest BCUT2D eigenvalue weighted by Gasteiger charge is -2.31. The van der Waals surface area contributed by atoms with E-state index in [1.54, 1.807) is 18.2 Å². The second kappa shape index (κ2) is 9.85. The molecule has 6 nitrogen and oxygen atoms in total. The fourth-order valence-corrected chi connectivity index (χ4v) is 3.67. The molecule has 2 N–H and O–H groups in total. The van der Waals surface area contributed by atoms with Crippen molar-refractivity contribution in [1.29, 1.82) is 5.26 Å². The maximum atomic E-state index is 12.2. The number of nitrogens with one attached hydrogen (secondary N) is 2. The van der Waals surface area contributed by atoms with Gasteiger partial charge in [-0.05, 0) is 54.6 Å². The van der Waals surface area contributed by atoms with Gasteiger partial charge in [0.15, 0.2) is 0 Å². The molecule has 1 saturated heterocycles. The van der Waals surface area contributed by atoms with Crippen LogP contribution in [0.25, 0.3) is 0 Å². The Balaban J connectivity index is 1.57. The second-order valence-corrected chi connectivity index (χ2v) is 7.58. The van der Waals surface area contributed by atoms with Crippen molar-refractivity contribution in [3.8, 4) is 6.07 Å². The van der Waals surface area contributed by atoms with Gasteiger partial charge in [-0.15, -0.1) is 0 Å². The van der Waals surface area contributed by atoms with Gasteiger partial charge in [0.1, 0.15) is 0 Å². The van der Waals surface area contributed by atoms with Crippen molar-refractivity contribution in [2.75, 3.05) is 18.4 Å². The van der Waals surface area contributed by atoms with Crippen LogP contribution in [-0.4, -0.2) is 29.8 Å². The van der Waals surface area contributed by atoms with E-state index in [1.807, 2.05) is 24.3 Å². The summed E-state index contributed by atoms with van der Waals surface area (Å²) < 4.78 is 0. The molecule has 6 heteroatoms. The van der Waals surface area contributed by atoms with Crippen LogP contribution in [0.3, 0.4) is 0 Å². The summed E-state index contributed by atoms with van der Waals surface area (Å²) in [5.74, 6) is -0.741. The van der Waals surface area contributed by atoms with E-state index in [2.05, 4.69) is 28.5 Å².